The van der Waals surface area contributed by atoms with Crippen LogP contribution < -0.4 is 5.32 Å². The number of H-pyrrole nitrogens is 1. The number of carbonyl (C=O) groups excluding carboxylic acids is 2. The van der Waals surface area contributed by atoms with Crippen molar-refractivity contribution in [1.29, 1.82) is 0 Å². The molecule has 0 aliphatic carbocycles. The van der Waals surface area contributed by atoms with E-state index >= 15 is 0 Å². The maximum atomic E-state index is 13.5. The number of fused-ring (bicyclic) bond motifs is 1. The van der Waals surface area contributed by atoms with Gasteiger partial charge >= 0.3 is 5.97 Å². The van der Waals surface area contributed by atoms with Crippen molar-refractivity contribution >= 4 is 34.4 Å². The zero-order chi connectivity index (χ0) is 31.3. The van der Waals surface area contributed by atoms with Crippen LogP contribution in [0.1, 0.15) is 37.6 Å². The zero-order valence-electron chi connectivity index (χ0n) is 24.4. The third-order valence-corrected chi connectivity index (χ3v) is 6.79. The van der Waals surface area contributed by atoms with Crippen molar-refractivity contribution in [2.75, 3.05) is 5.32 Å². The second kappa shape index (κ2) is 12.8. The molecule has 0 bridgehead atoms. The fourth-order valence-electron chi connectivity index (χ4n) is 4.84. The van der Waals surface area contributed by atoms with Crippen LogP contribution in [0.5, 0.6) is 0 Å². The Morgan fingerprint density at radius 3 is 2.34 bits per heavy atom. The van der Waals surface area contributed by atoms with E-state index in [0.717, 1.165) is 27.8 Å². The second-order valence-electron chi connectivity index (χ2n) is 11.2. The molecule has 1 atom stereocenters. The molecule has 11 heteroatoms. The molecule has 0 saturated carbocycles. The van der Waals surface area contributed by atoms with Crippen molar-refractivity contribution in [1.82, 2.24) is 15.0 Å². The Bertz CT molecular complexity index is 1840. The molecule has 3 heterocycles. The van der Waals surface area contributed by atoms with Crippen molar-refractivity contribution < 1.29 is 18.7 Å². The first-order valence-corrected chi connectivity index (χ1v) is 13.9. The number of nitrogens with zero attached hydrogens (tertiary/aromatic N) is 5. The van der Waals surface area contributed by atoms with Gasteiger partial charge in [0.25, 0.3) is 0 Å². The van der Waals surface area contributed by atoms with Crippen LogP contribution in [0, 0.1) is 11.7 Å². The summed E-state index contributed by atoms with van der Waals surface area (Å²) in [6, 6.07) is 20.3. The van der Waals surface area contributed by atoms with Gasteiger partial charge in [0.15, 0.2) is 0 Å². The normalized spacial score (nSPS) is 11.9. The van der Waals surface area contributed by atoms with Gasteiger partial charge in [-0.05, 0) is 85.8 Å². The number of benzene rings is 2. The standard InChI is InChI=1S/C33H30FN7O3/c1-33(2,3)44-32(43)26(18-20-6-10-24(11-7-20)40-41-35)31(42)39-28-13-12-25-29(22-14-16-36-17-15-22)27(37-30(25)38-28)19-21-4-8-23(34)9-5-21/h4-17,26H,18-19H2,1-3H3,(H2,37,38,39,42)/t26-/m1/s1. The maximum Gasteiger partial charge on any atom is 0.319 e. The first-order chi connectivity index (χ1) is 21.1. The van der Waals surface area contributed by atoms with Crippen LogP contribution >= 0.6 is 0 Å². The molecule has 0 spiro atoms. The molecule has 0 radical (unpaired) electrons. The van der Waals surface area contributed by atoms with Crippen LogP contribution in [0.2, 0.25) is 0 Å². The number of esters is 1. The van der Waals surface area contributed by atoms with E-state index in [4.69, 9.17) is 10.3 Å². The number of anilines is 1. The molecule has 10 nitrogen and oxygen atoms in total. The summed E-state index contributed by atoms with van der Waals surface area (Å²) < 4.78 is 19.1. The van der Waals surface area contributed by atoms with Crippen molar-refractivity contribution in [3.63, 3.8) is 0 Å². The highest BCUT2D eigenvalue weighted by Gasteiger charge is 2.32. The predicted octanol–water partition coefficient (Wildman–Crippen LogP) is 7.44. The number of aromatic nitrogens is 3. The Hall–Kier alpha value is -5.54. The highest BCUT2D eigenvalue weighted by Crippen LogP contribution is 2.34. The summed E-state index contributed by atoms with van der Waals surface area (Å²) >= 11 is 0. The summed E-state index contributed by atoms with van der Waals surface area (Å²) in [6.45, 7) is 5.21. The summed E-state index contributed by atoms with van der Waals surface area (Å²) in [5.74, 6) is -2.46. The summed E-state index contributed by atoms with van der Waals surface area (Å²) in [5.41, 5.74) is 13.1. The van der Waals surface area contributed by atoms with Crippen LogP contribution in [-0.4, -0.2) is 32.4 Å². The lowest BCUT2D eigenvalue weighted by Crippen LogP contribution is -2.37. The average molecular weight is 592 g/mol. The van der Waals surface area contributed by atoms with Crippen LogP contribution in [0.25, 0.3) is 32.6 Å². The van der Waals surface area contributed by atoms with Crippen molar-refractivity contribution in [2.24, 2.45) is 11.0 Å². The number of aromatic amines is 1. The fourth-order valence-corrected chi connectivity index (χ4v) is 4.84. The molecule has 1 amide bonds. The Kier molecular flexibility index (Phi) is 8.68. The van der Waals surface area contributed by atoms with Gasteiger partial charge in [-0.15, -0.1) is 0 Å². The number of carbonyl (C=O) groups is 2. The number of pyridine rings is 2. The van der Waals surface area contributed by atoms with Gasteiger partial charge in [0.2, 0.25) is 5.91 Å². The second-order valence-corrected chi connectivity index (χ2v) is 11.2. The molecule has 2 N–H and O–H groups in total. The fraction of sp³-hybridized carbons (Fsp3) is 0.212. The van der Waals surface area contributed by atoms with E-state index in [0.29, 0.717) is 23.3 Å². The van der Waals surface area contributed by atoms with Gasteiger partial charge in [-0.25, -0.2) is 9.37 Å². The number of ether oxygens (including phenoxy) is 1. The largest absolute Gasteiger partial charge is 0.459 e. The number of halogens is 1. The molecular formula is C33H30FN7O3. The van der Waals surface area contributed by atoms with E-state index < -0.39 is 23.4 Å². The minimum Gasteiger partial charge on any atom is -0.459 e. The molecule has 0 unspecified atom stereocenters. The molecule has 44 heavy (non-hydrogen) atoms. The molecule has 222 valence electrons. The molecular weight excluding hydrogens is 561 g/mol. The first-order valence-electron chi connectivity index (χ1n) is 13.9. The van der Waals surface area contributed by atoms with Crippen LogP contribution in [0.3, 0.4) is 0 Å². The summed E-state index contributed by atoms with van der Waals surface area (Å²) in [5, 5.41) is 7.18. The minimum absolute atomic E-state index is 0.0655. The van der Waals surface area contributed by atoms with Gasteiger partial charge in [0.1, 0.15) is 28.8 Å². The number of nitrogens with one attached hydrogen (secondary N) is 2. The monoisotopic (exact) mass is 591 g/mol. The molecule has 5 aromatic rings. The zero-order valence-corrected chi connectivity index (χ0v) is 24.4. The number of rotatable bonds is 9. The van der Waals surface area contributed by atoms with E-state index in [9.17, 15) is 14.0 Å². The van der Waals surface area contributed by atoms with E-state index in [2.05, 4.69) is 30.3 Å². The SMILES string of the molecule is CC(C)(C)OC(=O)[C@H](Cc1ccc(N=[N+]=[N-])cc1)C(=O)Nc1ccc2c(-c3ccncc3)c(Cc3ccc(F)cc3)[nH]c2n1. The van der Waals surface area contributed by atoms with Crippen molar-refractivity contribution in [3.8, 4) is 11.1 Å². The third kappa shape index (κ3) is 7.26. The minimum atomic E-state index is -1.16. The number of amides is 1. The third-order valence-electron chi connectivity index (χ3n) is 6.79. The Morgan fingerprint density at radius 1 is 1.00 bits per heavy atom. The number of hydrogen-bond donors (Lipinski definition) is 2. The summed E-state index contributed by atoms with van der Waals surface area (Å²) in [7, 11) is 0. The topological polar surface area (TPSA) is 146 Å². The van der Waals surface area contributed by atoms with Gasteiger partial charge in [-0.3, -0.25) is 14.6 Å². The summed E-state index contributed by atoms with van der Waals surface area (Å²) in [4.78, 5) is 41.7. The van der Waals surface area contributed by atoms with Gasteiger partial charge in [0.05, 0.1) is 0 Å². The van der Waals surface area contributed by atoms with Crippen LogP contribution in [-0.2, 0) is 27.2 Å². The number of azide groups is 1. The van der Waals surface area contributed by atoms with Crippen molar-refractivity contribution in [2.45, 2.75) is 39.2 Å². The molecule has 0 aliphatic rings. The molecule has 2 aromatic carbocycles. The lowest BCUT2D eigenvalue weighted by molar-refractivity contribution is -0.161. The maximum absolute atomic E-state index is 13.5. The van der Waals surface area contributed by atoms with E-state index in [1.54, 1.807) is 75.6 Å². The lowest BCUT2D eigenvalue weighted by Gasteiger charge is -2.23. The quantitative estimate of drug-likeness (QED) is 0.0601. The number of hydrogen-bond acceptors (Lipinski definition) is 6. The van der Waals surface area contributed by atoms with E-state index in [1.165, 1.54) is 12.1 Å². The van der Waals surface area contributed by atoms with Crippen molar-refractivity contribution in [3.05, 3.63) is 118 Å². The smallest absolute Gasteiger partial charge is 0.319 e. The van der Waals surface area contributed by atoms with E-state index in [1.807, 2.05) is 18.2 Å². The molecule has 3 aromatic heterocycles. The highest BCUT2D eigenvalue weighted by atomic mass is 19.1. The van der Waals surface area contributed by atoms with Crippen LogP contribution in [0.15, 0.2) is 90.3 Å². The van der Waals surface area contributed by atoms with E-state index in [-0.39, 0.29) is 18.1 Å². The van der Waals surface area contributed by atoms with Gasteiger partial charge in [-0.1, -0.05) is 41.5 Å². The molecule has 0 fully saturated rings. The Balaban J connectivity index is 1.45. The summed E-state index contributed by atoms with van der Waals surface area (Å²) in [6.07, 6.45) is 3.98. The molecule has 0 aliphatic heterocycles. The van der Waals surface area contributed by atoms with Gasteiger partial charge in [-0.2, -0.15) is 0 Å². The van der Waals surface area contributed by atoms with Crippen LogP contribution in [0.4, 0.5) is 15.9 Å². The average Bonchev–Trinajstić information content (AvgIpc) is 3.34. The lowest BCUT2D eigenvalue weighted by atomic mass is 9.97. The van der Waals surface area contributed by atoms with Gasteiger partial charge in [0, 0.05) is 46.1 Å². The molecule has 5 rings (SSSR count). The molecule has 0 saturated heterocycles. The Morgan fingerprint density at radius 2 is 1.68 bits per heavy atom. The predicted molar refractivity (Wildman–Crippen MR) is 165 cm³/mol. The highest BCUT2D eigenvalue weighted by molar-refractivity contribution is 6.05. The first kappa shape index (κ1) is 29.9. The van der Waals surface area contributed by atoms with Gasteiger partial charge < -0.3 is 15.0 Å². The Labute approximate surface area is 253 Å².